The average Bonchev–Trinajstić information content (AvgIpc) is 2.85. The molecular weight excluding hydrogens is 148 g/mol. The van der Waals surface area contributed by atoms with E-state index in [4.69, 9.17) is 0 Å². The Hall–Kier alpha value is -0.530. The van der Waals surface area contributed by atoms with E-state index in [1.54, 1.807) is 0 Å². The van der Waals surface area contributed by atoms with Gasteiger partial charge in [-0.05, 0) is 38.0 Å². The average molecular weight is 166 g/mol. The molecule has 1 saturated heterocycles. The molecule has 0 aromatic rings. The summed E-state index contributed by atoms with van der Waals surface area (Å²) in [5.41, 5.74) is 0.796. The van der Waals surface area contributed by atoms with Crippen LogP contribution < -0.4 is 0 Å². The molecule has 0 aromatic heterocycles. The van der Waals surface area contributed by atoms with Gasteiger partial charge in [-0.1, -0.05) is 0 Å². The van der Waals surface area contributed by atoms with Crippen LogP contribution in [-0.4, -0.2) is 30.9 Å². The van der Waals surface area contributed by atoms with Crippen LogP contribution in [0.15, 0.2) is 4.99 Å². The lowest BCUT2D eigenvalue weighted by atomic mass is 9.94. The maximum atomic E-state index is 4.22. The van der Waals surface area contributed by atoms with Gasteiger partial charge in [-0.2, -0.15) is 0 Å². The maximum absolute atomic E-state index is 4.22. The SMILES string of the molecule is C/N=C(\C)N1CCC2(CC1)CC2. The van der Waals surface area contributed by atoms with Crippen LogP contribution in [0.25, 0.3) is 0 Å². The maximum Gasteiger partial charge on any atom is 0.0954 e. The van der Waals surface area contributed by atoms with Crippen LogP contribution in [0.5, 0.6) is 0 Å². The van der Waals surface area contributed by atoms with Crippen LogP contribution in [0.1, 0.15) is 32.6 Å². The van der Waals surface area contributed by atoms with Gasteiger partial charge < -0.3 is 4.90 Å². The van der Waals surface area contributed by atoms with E-state index in [9.17, 15) is 0 Å². The highest BCUT2D eigenvalue weighted by molar-refractivity contribution is 5.79. The van der Waals surface area contributed by atoms with Crippen molar-refractivity contribution in [2.24, 2.45) is 10.4 Å². The second-order valence-corrected chi connectivity index (χ2v) is 4.26. The summed E-state index contributed by atoms with van der Waals surface area (Å²) < 4.78 is 0. The molecule has 68 valence electrons. The van der Waals surface area contributed by atoms with Crippen LogP contribution in [0, 0.1) is 5.41 Å². The van der Waals surface area contributed by atoms with Gasteiger partial charge >= 0.3 is 0 Å². The lowest BCUT2D eigenvalue weighted by Crippen LogP contribution is -2.37. The molecule has 1 heterocycles. The summed E-state index contributed by atoms with van der Waals surface area (Å²) in [5, 5.41) is 0. The van der Waals surface area contributed by atoms with Crippen molar-refractivity contribution < 1.29 is 0 Å². The summed E-state index contributed by atoms with van der Waals surface area (Å²) in [6.45, 7) is 4.59. The molecule has 0 N–H and O–H groups in total. The molecule has 0 bridgehead atoms. The summed E-state index contributed by atoms with van der Waals surface area (Å²) in [6.07, 6.45) is 5.78. The molecule has 2 fully saturated rings. The third-order valence-electron chi connectivity index (χ3n) is 3.56. The Kier molecular flexibility index (Phi) is 1.85. The number of hydrogen-bond acceptors (Lipinski definition) is 1. The number of aliphatic imine (C=N–C) groups is 1. The second kappa shape index (κ2) is 2.75. The highest BCUT2D eigenvalue weighted by Crippen LogP contribution is 2.53. The first-order valence-corrected chi connectivity index (χ1v) is 4.94. The summed E-state index contributed by atoms with van der Waals surface area (Å²) in [4.78, 5) is 6.64. The molecular formula is C10H18N2. The minimum absolute atomic E-state index is 0.796. The zero-order chi connectivity index (χ0) is 8.60. The first-order chi connectivity index (χ1) is 5.76. The Bertz CT molecular complexity index is 194. The fourth-order valence-corrected chi connectivity index (χ4v) is 2.12. The van der Waals surface area contributed by atoms with E-state index in [0.717, 1.165) is 5.41 Å². The van der Waals surface area contributed by atoms with E-state index in [0.29, 0.717) is 0 Å². The van der Waals surface area contributed by atoms with Crippen molar-refractivity contribution in [2.45, 2.75) is 32.6 Å². The fraction of sp³-hybridized carbons (Fsp3) is 0.900. The third kappa shape index (κ3) is 1.35. The molecule has 2 nitrogen and oxygen atoms in total. The molecule has 1 aliphatic heterocycles. The van der Waals surface area contributed by atoms with Gasteiger partial charge in [-0.25, -0.2) is 0 Å². The number of rotatable bonds is 0. The van der Waals surface area contributed by atoms with Gasteiger partial charge in [-0.3, -0.25) is 4.99 Å². The first kappa shape index (κ1) is 8.09. The topological polar surface area (TPSA) is 15.6 Å². The minimum Gasteiger partial charge on any atom is -0.361 e. The van der Waals surface area contributed by atoms with Crippen molar-refractivity contribution in [1.29, 1.82) is 0 Å². The lowest BCUT2D eigenvalue weighted by molar-refractivity contribution is 0.249. The minimum atomic E-state index is 0.796. The van der Waals surface area contributed by atoms with E-state index < -0.39 is 0 Å². The molecule has 1 aliphatic carbocycles. The quantitative estimate of drug-likeness (QED) is 0.396. The van der Waals surface area contributed by atoms with E-state index in [1.807, 2.05) is 7.05 Å². The van der Waals surface area contributed by atoms with Gasteiger partial charge in [0.1, 0.15) is 0 Å². The molecule has 0 unspecified atom stereocenters. The molecule has 0 atom stereocenters. The lowest BCUT2D eigenvalue weighted by Gasteiger charge is -2.33. The van der Waals surface area contributed by atoms with Crippen LogP contribution in [0.3, 0.4) is 0 Å². The van der Waals surface area contributed by atoms with Gasteiger partial charge in [-0.15, -0.1) is 0 Å². The predicted molar refractivity (Wildman–Crippen MR) is 51.5 cm³/mol. The van der Waals surface area contributed by atoms with E-state index in [-0.39, 0.29) is 0 Å². The van der Waals surface area contributed by atoms with Crippen molar-refractivity contribution in [2.75, 3.05) is 20.1 Å². The Labute approximate surface area is 74.7 Å². The molecule has 0 amide bonds. The standard InChI is InChI=1S/C10H18N2/c1-9(11-2)12-7-5-10(3-4-10)6-8-12/h3-8H2,1-2H3/b11-9+. The highest BCUT2D eigenvalue weighted by atomic mass is 15.2. The highest BCUT2D eigenvalue weighted by Gasteiger charge is 2.44. The molecule has 2 rings (SSSR count). The molecule has 0 aromatic carbocycles. The van der Waals surface area contributed by atoms with E-state index in [2.05, 4.69) is 16.8 Å². The third-order valence-corrected chi connectivity index (χ3v) is 3.56. The van der Waals surface area contributed by atoms with Gasteiger partial charge in [0.05, 0.1) is 5.84 Å². The van der Waals surface area contributed by atoms with E-state index >= 15 is 0 Å². The van der Waals surface area contributed by atoms with E-state index in [1.165, 1.54) is 44.6 Å². The molecule has 12 heavy (non-hydrogen) atoms. The largest absolute Gasteiger partial charge is 0.361 e. The summed E-state index contributed by atoms with van der Waals surface area (Å²) in [6, 6.07) is 0. The molecule has 1 saturated carbocycles. The zero-order valence-corrected chi connectivity index (χ0v) is 8.14. The van der Waals surface area contributed by atoms with Crippen molar-refractivity contribution >= 4 is 5.84 Å². The number of hydrogen-bond donors (Lipinski definition) is 0. The zero-order valence-electron chi connectivity index (χ0n) is 8.14. The second-order valence-electron chi connectivity index (χ2n) is 4.26. The summed E-state index contributed by atoms with van der Waals surface area (Å²) in [5.74, 6) is 1.21. The van der Waals surface area contributed by atoms with Crippen molar-refractivity contribution in [3.05, 3.63) is 0 Å². The van der Waals surface area contributed by atoms with Crippen LogP contribution in [-0.2, 0) is 0 Å². The van der Waals surface area contributed by atoms with Crippen LogP contribution in [0.4, 0.5) is 0 Å². The van der Waals surface area contributed by atoms with Gasteiger partial charge in [0.25, 0.3) is 0 Å². The van der Waals surface area contributed by atoms with Gasteiger partial charge in [0.15, 0.2) is 0 Å². The predicted octanol–water partition coefficient (Wildman–Crippen LogP) is 1.91. The number of amidine groups is 1. The number of nitrogens with zero attached hydrogens (tertiary/aromatic N) is 2. The van der Waals surface area contributed by atoms with Crippen molar-refractivity contribution in [1.82, 2.24) is 4.90 Å². The number of likely N-dealkylation sites (tertiary alicyclic amines) is 1. The number of piperidine rings is 1. The summed E-state index contributed by atoms with van der Waals surface area (Å²) in [7, 11) is 1.89. The van der Waals surface area contributed by atoms with Crippen molar-refractivity contribution in [3.63, 3.8) is 0 Å². The van der Waals surface area contributed by atoms with Gasteiger partial charge in [0.2, 0.25) is 0 Å². The Morgan fingerprint density at radius 2 is 1.75 bits per heavy atom. The Balaban J connectivity index is 1.89. The Morgan fingerprint density at radius 1 is 1.17 bits per heavy atom. The van der Waals surface area contributed by atoms with Gasteiger partial charge in [0, 0.05) is 20.1 Å². The van der Waals surface area contributed by atoms with Crippen LogP contribution >= 0.6 is 0 Å². The first-order valence-electron chi connectivity index (χ1n) is 4.94. The normalized spacial score (nSPS) is 27.8. The Morgan fingerprint density at radius 3 is 2.17 bits per heavy atom. The smallest absolute Gasteiger partial charge is 0.0954 e. The molecule has 2 aliphatic rings. The molecule has 0 radical (unpaired) electrons. The molecule has 1 spiro atoms. The summed E-state index contributed by atoms with van der Waals surface area (Å²) >= 11 is 0. The fourth-order valence-electron chi connectivity index (χ4n) is 2.12. The monoisotopic (exact) mass is 166 g/mol. The van der Waals surface area contributed by atoms with Crippen molar-refractivity contribution in [3.8, 4) is 0 Å². The molecule has 2 heteroatoms. The van der Waals surface area contributed by atoms with Crippen LogP contribution in [0.2, 0.25) is 0 Å².